The average molecular weight is 411 g/mol. The molecule has 1 aromatic heterocycles. The Kier molecular flexibility index (Phi) is 5.76. The Hall–Kier alpha value is -1.14. The summed E-state index contributed by atoms with van der Waals surface area (Å²) >= 11 is 3.65. The van der Waals surface area contributed by atoms with E-state index >= 15 is 0 Å². The molecule has 2 aromatic rings. The molecular formula is C18H21BrClN3O. The molecule has 1 saturated heterocycles. The Bertz CT molecular complexity index is 698. The Morgan fingerprint density at radius 1 is 1.29 bits per heavy atom. The van der Waals surface area contributed by atoms with Gasteiger partial charge in [-0.3, -0.25) is 9.88 Å². The van der Waals surface area contributed by atoms with Crippen LogP contribution in [-0.2, 0) is 13.0 Å². The fraction of sp³-hybridized carbons (Fsp3) is 0.389. The number of ether oxygens (including phenoxy) is 1. The molecule has 1 atom stereocenters. The summed E-state index contributed by atoms with van der Waals surface area (Å²) in [6.45, 7) is 4.75. The van der Waals surface area contributed by atoms with Crippen LogP contribution in [-0.4, -0.2) is 36.1 Å². The van der Waals surface area contributed by atoms with E-state index in [1.54, 1.807) is 0 Å². The van der Waals surface area contributed by atoms with Gasteiger partial charge in [0.05, 0.1) is 6.61 Å². The van der Waals surface area contributed by atoms with E-state index in [4.69, 9.17) is 4.74 Å². The molecule has 0 radical (unpaired) electrons. The molecule has 24 heavy (non-hydrogen) atoms. The van der Waals surface area contributed by atoms with E-state index in [1.165, 1.54) is 16.7 Å². The average Bonchev–Trinajstić information content (AvgIpc) is 3.04. The molecule has 0 spiro atoms. The largest absolute Gasteiger partial charge is 0.493 e. The van der Waals surface area contributed by atoms with Gasteiger partial charge in [-0.2, -0.15) is 0 Å². The zero-order chi connectivity index (χ0) is 15.6. The number of halogens is 2. The Morgan fingerprint density at radius 3 is 2.96 bits per heavy atom. The number of nitrogens with one attached hydrogen (secondary N) is 1. The van der Waals surface area contributed by atoms with Crippen molar-refractivity contribution in [3.63, 3.8) is 0 Å². The summed E-state index contributed by atoms with van der Waals surface area (Å²) in [6, 6.07) is 9.00. The molecule has 4 nitrogen and oxygen atoms in total. The van der Waals surface area contributed by atoms with Crippen LogP contribution in [0, 0.1) is 0 Å². The van der Waals surface area contributed by atoms with Gasteiger partial charge in [0.15, 0.2) is 0 Å². The molecule has 1 aromatic carbocycles. The zero-order valence-corrected chi connectivity index (χ0v) is 15.8. The van der Waals surface area contributed by atoms with Crippen molar-refractivity contribution < 1.29 is 4.74 Å². The predicted molar refractivity (Wildman–Crippen MR) is 101 cm³/mol. The maximum atomic E-state index is 5.89. The summed E-state index contributed by atoms with van der Waals surface area (Å²) in [4.78, 5) is 6.68. The number of fused-ring (bicyclic) bond motifs is 1. The van der Waals surface area contributed by atoms with Gasteiger partial charge in [0, 0.05) is 61.1 Å². The lowest BCUT2D eigenvalue weighted by Gasteiger charge is -2.36. The molecule has 2 aliphatic rings. The fourth-order valence-corrected chi connectivity index (χ4v) is 4.08. The fourth-order valence-electron chi connectivity index (χ4n) is 3.53. The number of rotatable bonds is 3. The minimum absolute atomic E-state index is 0. The second-order valence-electron chi connectivity index (χ2n) is 6.12. The molecule has 1 N–H and O–H groups in total. The van der Waals surface area contributed by atoms with E-state index in [0.717, 1.165) is 49.4 Å². The molecule has 1 unspecified atom stereocenters. The number of piperazine rings is 1. The first-order valence-corrected chi connectivity index (χ1v) is 8.89. The molecule has 2 aliphatic heterocycles. The quantitative estimate of drug-likeness (QED) is 0.842. The molecule has 3 heterocycles. The lowest BCUT2D eigenvalue weighted by molar-refractivity contribution is 0.152. The number of hydrogen-bond donors (Lipinski definition) is 1. The number of aromatic nitrogens is 1. The van der Waals surface area contributed by atoms with Crippen LogP contribution in [0.4, 0.5) is 0 Å². The number of hydrogen-bond acceptors (Lipinski definition) is 4. The summed E-state index contributed by atoms with van der Waals surface area (Å²) in [6.07, 6.45) is 4.77. The van der Waals surface area contributed by atoms with E-state index in [2.05, 4.69) is 55.4 Å². The van der Waals surface area contributed by atoms with E-state index < -0.39 is 0 Å². The van der Waals surface area contributed by atoms with Crippen molar-refractivity contribution in [2.24, 2.45) is 0 Å². The lowest BCUT2D eigenvalue weighted by Crippen LogP contribution is -2.45. The van der Waals surface area contributed by atoms with Crippen molar-refractivity contribution in [2.75, 3.05) is 26.2 Å². The molecule has 1 fully saturated rings. The first-order chi connectivity index (χ1) is 11.3. The van der Waals surface area contributed by atoms with Gasteiger partial charge in [-0.15, -0.1) is 12.4 Å². The highest BCUT2D eigenvalue weighted by atomic mass is 79.9. The molecule has 0 amide bonds. The van der Waals surface area contributed by atoms with E-state index in [9.17, 15) is 0 Å². The summed E-state index contributed by atoms with van der Waals surface area (Å²) in [5.41, 5.74) is 3.93. The van der Waals surface area contributed by atoms with Crippen LogP contribution in [0.25, 0.3) is 0 Å². The summed E-state index contributed by atoms with van der Waals surface area (Å²) in [5.74, 6) is 1.10. The topological polar surface area (TPSA) is 37.4 Å². The molecular weight excluding hydrogens is 390 g/mol. The Morgan fingerprint density at radius 2 is 2.12 bits per heavy atom. The van der Waals surface area contributed by atoms with Crippen LogP contribution in [0.15, 0.2) is 41.1 Å². The van der Waals surface area contributed by atoms with Crippen LogP contribution in [0.2, 0.25) is 0 Å². The normalized spacial score (nSPS) is 20.1. The van der Waals surface area contributed by atoms with Gasteiger partial charge >= 0.3 is 0 Å². The van der Waals surface area contributed by atoms with Gasteiger partial charge in [-0.05, 0) is 35.4 Å². The van der Waals surface area contributed by atoms with E-state index in [-0.39, 0.29) is 12.4 Å². The van der Waals surface area contributed by atoms with E-state index in [1.807, 2.05) is 12.4 Å². The first kappa shape index (κ1) is 17.7. The summed E-state index contributed by atoms with van der Waals surface area (Å²) < 4.78 is 7.04. The lowest BCUT2D eigenvalue weighted by atomic mass is 10.0. The van der Waals surface area contributed by atoms with Crippen LogP contribution >= 0.6 is 28.3 Å². The second-order valence-corrected chi connectivity index (χ2v) is 7.04. The zero-order valence-electron chi connectivity index (χ0n) is 13.4. The maximum absolute atomic E-state index is 5.89. The van der Waals surface area contributed by atoms with Crippen molar-refractivity contribution >= 4 is 28.3 Å². The third-order valence-electron chi connectivity index (χ3n) is 4.64. The molecule has 0 aliphatic carbocycles. The van der Waals surface area contributed by atoms with Crippen molar-refractivity contribution in [1.29, 1.82) is 0 Å². The third-order valence-corrected chi connectivity index (χ3v) is 5.10. The standard InChI is InChI=1S/C18H20BrN3O.ClH/c19-16-9-14-3-8-23-18(14)15(10-16)12-22-7-6-21-11-17(22)13-1-4-20-5-2-13;/h1-2,4-5,9-10,17,21H,3,6-8,11-12H2;1H. The van der Waals surface area contributed by atoms with Gasteiger partial charge in [0.1, 0.15) is 5.75 Å². The minimum atomic E-state index is 0. The van der Waals surface area contributed by atoms with Gasteiger partial charge in [-0.1, -0.05) is 15.9 Å². The minimum Gasteiger partial charge on any atom is -0.493 e. The number of nitrogens with zero attached hydrogens (tertiary/aromatic N) is 2. The summed E-state index contributed by atoms with van der Waals surface area (Å²) in [5, 5.41) is 3.51. The molecule has 128 valence electrons. The highest BCUT2D eigenvalue weighted by molar-refractivity contribution is 9.10. The molecule has 0 saturated carbocycles. The van der Waals surface area contributed by atoms with Gasteiger partial charge < -0.3 is 10.1 Å². The van der Waals surface area contributed by atoms with Crippen molar-refractivity contribution in [2.45, 2.75) is 19.0 Å². The highest BCUT2D eigenvalue weighted by Crippen LogP contribution is 2.35. The van der Waals surface area contributed by atoms with Crippen LogP contribution in [0.3, 0.4) is 0 Å². The van der Waals surface area contributed by atoms with Crippen molar-refractivity contribution in [3.05, 3.63) is 57.8 Å². The highest BCUT2D eigenvalue weighted by Gasteiger charge is 2.26. The molecule has 6 heteroatoms. The van der Waals surface area contributed by atoms with Gasteiger partial charge in [-0.25, -0.2) is 0 Å². The predicted octanol–water partition coefficient (Wildman–Crippen LogP) is 3.35. The molecule has 0 bridgehead atoms. The Labute approximate surface area is 157 Å². The third kappa shape index (κ3) is 3.59. The smallest absolute Gasteiger partial charge is 0.127 e. The SMILES string of the molecule is Brc1cc2c(c(CN3CCNCC3c3ccncc3)c1)OCC2.Cl. The summed E-state index contributed by atoms with van der Waals surface area (Å²) in [7, 11) is 0. The van der Waals surface area contributed by atoms with Crippen LogP contribution in [0.5, 0.6) is 5.75 Å². The first-order valence-electron chi connectivity index (χ1n) is 8.10. The second kappa shape index (κ2) is 7.83. The van der Waals surface area contributed by atoms with Crippen LogP contribution in [0.1, 0.15) is 22.7 Å². The van der Waals surface area contributed by atoms with Crippen molar-refractivity contribution in [1.82, 2.24) is 15.2 Å². The molecule has 4 rings (SSSR count). The van der Waals surface area contributed by atoms with E-state index in [0.29, 0.717) is 6.04 Å². The van der Waals surface area contributed by atoms with Crippen molar-refractivity contribution in [3.8, 4) is 5.75 Å². The monoisotopic (exact) mass is 409 g/mol. The Balaban J connectivity index is 0.00000169. The van der Waals surface area contributed by atoms with Crippen LogP contribution < -0.4 is 10.1 Å². The number of benzene rings is 1. The number of pyridine rings is 1. The van der Waals surface area contributed by atoms with Gasteiger partial charge in [0.25, 0.3) is 0 Å². The van der Waals surface area contributed by atoms with Gasteiger partial charge in [0.2, 0.25) is 0 Å². The maximum Gasteiger partial charge on any atom is 0.127 e.